The lowest BCUT2D eigenvalue weighted by Gasteiger charge is -2.37. The SMILES string of the molecule is Cc1cc(CC2(CNCC(C)C)CCOCC2)n(C)n1. The Hall–Kier alpha value is -0.870. The van der Waals surface area contributed by atoms with Crippen molar-refractivity contribution >= 4 is 0 Å². The second-order valence-electron chi connectivity index (χ2n) is 6.71. The molecule has 114 valence electrons. The zero-order valence-corrected chi connectivity index (χ0v) is 13.4. The van der Waals surface area contributed by atoms with E-state index in [0.717, 1.165) is 51.3 Å². The average molecular weight is 279 g/mol. The van der Waals surface area contributed by atoms with E-state index in [2.05, 4.69) is 44.3 Å². The van der Waals surface area contributed by atoms with E-state index in [1.807, 2.05) is 4.68 Å². The molecule has 1 N–H and O–H groups in total. The van der Waals surface area contributed by atoms with Gasteiger partial charge >= 0.3 is 0 Å². The van der Waals surface area contributed by atoms with Gasteiger partial charge in [-0.2, -0.15) is 5.10 Å². The minimum absolute atomic E-state index is 0.327. The lowest BCUT2D eigenvalue weighted by molar-refractivity contribution is 0.0138. The monoisotopic (exact) mass is 279 g/mol. The summed E-state index contributed by atoms with van der Waals surface area (Å²) in [4.78, 5) is 0. The summed E-state index contributed by atoms with van der Waals surface area (Å²) in [6, 6.07) is 2.22. The van der Waals surface area contributed by atoms with Gasteiger partial charge in [-0.3, -0.25) is 4.68 Å². The predicted octanol–water partition coefficient (Wildman–Crippen LogP) is 2.31. The Balaban J connectivity index is 2.04. The Labute approximate surface area is 122 Å². The fourth-order valence-corrected chi connectivity index (χ4v) is 3.06. The number of ether oxygens (including phenoxy) is 1. The van der Waals surface area contributed by atoms with E-state index in [4.69, 9.17) is 4.74 Å². The van der Waals surface area contributed by atoms with E-state index in [1.165, 1.54) is 5.69 Å². The van der Waals surface area contributed by atoms with Crippen molar-refractivity contribution < 1.29 is 4.74 Å². The summed E-state index contributed by atoms with van der Waals surface area (Å²) in [6.07, 6.45) is 3.38. The smallest absolute Gasteiger partial charge is 0.0596 e. The molecule has 0 radical (unpaired) electrons. The van der Waals surface area contributed by atoms with Crippen LogP contribution in [0.25, 0.3) is 0 Å². The Morgan fingerprint density at radius 3 is 2.65 bits per heavy atom. The highest BCUT2D eigenvalue weighted by atomic mass is 16.5. The highest BCUT2D eigenvalue weighted by molar-refractivity contribution is 5.11. The van der Waals surface area contributed by atoms with Crippen molar-refractivity contribution in [1.29, 1.82) is 0 Å². The summed E-state index contributed by atoms with van der Waals surface area (Å²) in [5, 5.41) is 8.14. The Morgan fingerprint density at radius 1 is 1.40 bits per heavy atom. The summed E-state index contributed by atoms with van der Waals surface area (Å²) in [7, 11) is 2.05. The second kappa shape index (κ2) is 6.72. The van der Waals surface area contributed by atoms with E-state index in [-0.39, 0.29) is 0 Å². The first-order chi connectivity index (χ1) is 9.51. The molecule has 4 heteroatoms. The molecular formula is C16H29N3O. The van der Waals surface area contributed by atoms with Gasteiger partial charge in [-0.05, 0) is 50.1 Å². The minimum Gasteiger partial charge on any atom is -0.381 e. The van der Waals surface area contributed by atoms with Crippen molar-refractivity contribution in [3.63, 3.8) is 0 Å². The molecule has 20 heavy (non-hydrogen) atoms. The highest BCUT2D eigenvalue weighted by Gasteiger charge is 2.33. The third kappa shape index (κ3) is 4.06. The maximum Gasteiger partial charge on any atom is 0.0596 e. The van der Waals surface area contributed by atoms with E-state index in [1.54, 1.807) is 0 Å². The molecule has 1 aromatic rings. The predicted molar refractivity (Wildman–Crippen MR) is 81.8 cm³/mol. The summed E-state index contributed by atoms with van der Waals surface area (Å²) < 4.78 is 7.61. The third-order valence-electron chi connectivity index (χ3n) is 4.26. The van der Waals surface area contributed by atoms with Gasteiger partial charge in [0.25, 0.3) is 0 Å². The molecule has 1 saturated heterocycles. The van der Waals surface area contributed by atoms with Gasteiger partial charge in [0.1, 0.15) is 0 Å². The van der Waals surface area contributed by atoms with Crippen LogP contribution in [-0.4, -0.2) is 36.1 Å². The van der Waals surface area contributed by atoms with Crippen molar-refractivity contribution in [3.05, 3.63) is 17.5 Å². The maximum atomic E-state index is 5.58. The lowest BCUT2D eigenvalue weighted by atomic mass is 9.76. The highest BCUT2D eigenvalue weighted by Crippen LogP contribution is 2.34. The second-order valence-corrected chi connectivity index (χ2v) is 6.71. The zero-order valence-electron chi connectivity index (χ0n) is 13.4. The van der Waals surface area contributed by atoms with Crippen molar-refractivity contribution in [2.45, 2.75) is 40.0 Å². The molecule has 0 aromatic carbocycles. The number of nitrogens with zero attached hydrogens (tertiary/aromatic N) is 2. The van der Waals surface area contributed by atoms with Crippen LogP contribution >= 0.6 is 0 Å². The van der Waals surface area contributed by atoms with Crippen LogP contribution in [0.15, 0.2) is 6.07 Å². The lowest BCUT2D eigenvalue weighted by Crippen LogP contribution is -2.42. The van der Waals surface area contributed by atoms with Crippen LogP contribution in [0.1, 0.15) is 38.1 Å². The molecule has 2 rings (SSSR count). The van der Waals surface area contributed by atoms with Crippen LogP contribution in [0.2, 0.25) is 0 Å². The Kier molecular flexibility index (Phi) is 5.22. The van der Waals surface area contributed by atoms with Crippen molar-refractivity contribution in [2.75, 3.05) is 26.3 Å². The molecule has 1 fully saturated rings. The Morgan fingerprint density at radius 2 is 2.10 bits per heavy atom. The molecule has 0 aliphatic carbocycles. The molecule has 1 aromatic heterocycles. The zero-order chi connectivity index (χ0) is 14.6. The number of aromatic nitrogens is 2. The van der Waals surface area contributed by atoms with Gasteiger partial charge in [0.2, 0.25) is 0 Å². The van der Waals surface area contributed by atoms with Crippen molar-refractivity contribution in [1.82, 2.24) is 15.1 Å². The van der Waals surface area contributed by atoms with Crippen LogP contribution < -0.4 is 5.32 Å². The molecule has 0 saturated carbocycles. The number of hydrogen-bond donors (Lipinski definition) is 1. The van der Waals surface area contributed by atoms with Gasteiger partial charge < -0.3 is 10.1 Å². The first kappa shape index (κ1) is 15.5. The molecule has 0 unspecified atom stereocenters. The average Bonchev–Trinajstić information content (AvgIpc) is 2.68. The number of rotatable bonds is 6. The summed E-state index contributed by atoms with van der Waals surface area (Å²) >= 11 is 0. The number of aryl methyl sites for hydroxylation is 2. The van der Waals surface area contributed by atoms with Crippen LogP contribution in [-0.2, 0) is 18.2 Å². The molecule has 4 nitrogen and oxygen atoms in total. The Bertz CT molecular complexity index is 419. The van der Waals surface area contributed by atoms with Gasteiger partial charge in [-0.15, -0.1) is 0 Å². The first-order valence-electron chi connectivity index (χ1n) is 7.79. The largest absolute Gasteiger partial charge is 0.381 e. The van der Waals surface area contributed by atoms with Crippen LogP contribution in [0.3, 0.4) is 0 Å². The fraction of sp³-hybridized carbons (Fsp3) is 0.812. The molecule has 1 aliphatic heterocycles. The molecule has 0 bridgehead atoms. The quantitative estimate of drug-likeness (QED) is 0.868. The molecule has 1 aliphatic rings. The van der Waals surface area contributed by atoms with Gasteiger partial charge in [0, 0.05) is 32.5 Å². The molecule has 2 heterocycles. The van der Waals surface area contributed by atoms with E-state index < -0.39 is 0 Å². The van der Waals surface area contributed by atoms with E-state index in [9.17, 15) is 0 Å². The van der Waals surface area contributed by atoms with Crippen LogP contribution in [0.4, 0.5) is 0 Å². The number of nitrogens with one attached hydrogen (secondary N) is 1. The number of hydrogen-bond acceptors (Lipinski definition) is 3. The summed E-state index contributed by atoms with van der Waals surface area (Å²) in [5.41, 5.74) is 2.78. The van der Waals surface area contributed by atoms with Crippen molar-refractivity contribution in [3.8, 4) is 0 Å². The van der Waals surface area contributed by atoms with Gasteiger partial charge in [0.05, 0.1) is 5.69 Å². The standard InChI is InChI=1S/C16H29N3O/c1-13(2)11-17-12-16(5-7-20-8-6-16)10-15-9-14(3)18-19(15)4/h9,13,17H,5-8,10-12H2,1-4H3. The van der Waals surface area contributed by atoms with E-state index in [0.29, 0.717) is 11.3 Å². The molecule has 0 amide bonds. The molecule has 0 atom stereocenters. The minimum atomic E-state index is 0.327. The van der Waals surface area contributed by atoms with E-state index >= 15 is 0 Å². The van der Waals surface area contributed by atoms with Gasteiger partial charge in [-0.1, -0.05) is 13.8 Å². The molecular weight excluding hydrogens is 250 g/mol. The topological polar surface area (TPSA) is 39.1 Å². The fourth-order valence-electron chi connectivity index (χ4n) is 3.06. The summed E-state index contributed by atoms with van der Waals surface area (Å²) in [5.74, 6) is 0.700. The summed E-state index contributed by atoms with van der Waals surface area (Å²) in [6.45, 7) is 10.5. The van der Waals surface area contributed by atoms with Crippen LogP contribution in [0, 0.1) is 18.3 Å². The normalized spacial score (nSPS) is 18.6. The third-order valence-corrected chi connectivity index (χ3v) is 4.26. The van der Waals surface area contributed by atoms with Gasteiger partial charge in [0.15, 0.2) is 0 Å². The van der Waals surface area contributed by atoms with Crippen LogP contribution in [0.5, 0.6) is 0 Å². The van der Waals surface area contributed by atoms with Crippen molar-refractivity contribution in [2.24, 2.45) is 18.4 Å². The molecule has 0 spiro atoms. The first-order valence-corrected chi connectivity index (χ1v) is 7.79. The van der Waals surface area contributed by atoms with Gasteiger partial charge in [-0.25, -0.2) is 0 Å². The maximum absolute atomic E-state index is 5.58.